The Kier molecular flexibility index (Phi) is 4.05. The highest BCUT2D eigenvalue weighted by Crippen LogP contribution is 2.34. The van der Waals surface area contributed by atoms with Gasteiger partial charge >= 0.3 is 0 Å². The maximum atomic E-state index is 11.5. The molecule has 0 atom stereocenters. The van der Waals surface area contributed by atoms with Crippen LogP contribution in [0.2, 0.25) is 0 Å². The Morgan fingerprint density at radius 2 is 2.04 bits per heavy atom. The van der Waals surface area contributed by atoms with Gasteiger partial charge in [0.25, 0.3) is 16.8 Å². The number of carbonyl (C=O) groups excluding carboxylic acids is 2. The van der Waals surface area contributed by atoms with Gasteiger partial charge in [-0.15, -0.1) is 0 Å². The Hall–Kier alpha value is -2.39. The topological polar surface area (TPSA) is 102 Å². The number of nitro groups is 1. The quantitative estimate of drug-likeness (QED) is 0.480. The van der Waals surface area contributed by atoms with E-state index in [2.05, 4.69) is 21.2 Å². The molecule has 2 heterocycles. The molecule has 0 bridgehead atoms. The van der Waals surface area contributed by atoms with Gasteiger partial charge in [0.05, 0.1) is 9.83 Å². The van der Waals surface area contributed by atoms with Crippen LogP contribution in [0.25, 0.3) is 17.4 Å². The summed E-state index contributed by atoms with van der Waals surface area (Å²) in [5, 5.41) is 12.5. The molecule has 0 spiro atoms. The largest absolute Gasteiger partial charge is 0.457 e. The molecular weight excluding hydrogens is 388 g/mol. The first-order chi connectivity index (χ1) is 10.9. The molecule has 1 aliphatic rings. The second-order valence-corrected chi connectivity index (χ2v) is 6.34. The number of furan rings is 1. The van der Waals surface area contributed by atoms with Crippen molar-refractivity contribution in [2.45, 2.75) is 0 Å². The lowest BCUT2D eigenvalue weighted by atomic mass is 10.1. The minimum absolute atomic E-state index is 0.0351. The number of hydrogen-bond acceptors (Lipinski definition) is 6. The number of non-ortho nitro benzene ring substituents is 1. The fourth-order valence-corrected chi connectivity index (χ4v) is 3.17. The molecular formula is C14H7BrN2O5S. The van der Waals surface area contributed by atoms with Gasteiger partial charge in [-0.05, 0) is 45.9 Å². The van der Waals surface area contributed by atoms with E-state index < -0.39 is 16.1 Å². The number of imide groups is 1. The Bertz CT molecular complexity index is 874. The summed E-state index contributed by atoms with van der Waals surface area (Å²) in [6.07, 6.45) is 1.47. The lowest BCUT2D eigenvalue weighted by molar-refractivity contribution is -0.384. The standard InChI is InChI=1S/C14H7BrN2O5S/c15-10-5-7(17(20)21)1-3-9(10)11-4-2-8(22-11)6-12-13(18)16-14(19)23-12/h1-6H,(H,16,18,19)/b12-6-. The van der Waals surface area contributed by atoms with Crippen LogP contribution in [0, 0.1) is 10.1 Å². The summed E-state index contributed by atoms with van der Waals surface area (Å²) in [7, 11) is 0. The molecule has 1 saturated heterocycles. The molecule has 0 saturated carbocycles. The number of nitrogens with zero attached hydrogens (tertiary/aromatic N) is 1. The van der Waals surface area contributed by atoms with E-state index in [4.69, 9.17) is 4.42 Å². The summed E-state index contributed by atoms with van der Waals surface area (Å²) in [6, 6.07) is 7.65. The van der Waals surface area contributed by atoms with E-state index in [0.29, 0.717) is 21.6 Å². The van der Waals surface area contributed by atoms with Crippen LogP contribution in [-0.4, -0.2) is 16.1 Å². The van der Waals surface area contributed by atoms with Gasteiger partial charge in [-0.25, -0.2) is 0 Å². The zero-order valence-electron chi connectivity index (χ0n) is 11.2. The Labute approximate surface area is 142 Å². The fraction of sp³-hybridized carbons (Fsp3) is 0. The third-order valence-electron chi connectivity index (χ3n) is 2.97. The van der Waals surface area contributed by atoms with Crippen molar-refractivity contribution in [3.63, 3.8) is 0 Å². The van der Waals surface area contributed by atoms with Crippen LogP contribution in [-0.2, 0) is 4.79 Å². The predicted molar refractivity (Wildman–Crippen MR) is 87.6 cm³/mol. The molecule has 7 nitrogen and oxygen atoms in total. The summed E-state index contributed by atoms with van der Waals surface area (Å²) < 4.78 is 6.13. The number of halogens is 1. The van der Waals surface area contributed by atoms with Gasteiger partial charge < -0.3 is 4.42 Å². The van der Waals surface area contributed by atoms with Gasteiger partial charge in [-0.3, -0.25) is 25.0 Å². The van der Waals surface area contributed by atoms with Crippen LogP contribution in [0.15, 0.2) is 44.1 Å². The molecule has 0 unspecified atom stereocenters. The van der Waals surface area contributed by atoms with E-state index in [1.165, 1.54) is 18.2 Å². The zero-order chi connectivity index (χ0) is 16.6. The molecule has 9 heteroatoms. The molecule has 1 fully saturated rings. The predicted octanol–water partition coefficient (Wildman–Crippen LogP) is 3.94. The van der Waals surface area contributed by atoms with Crippen molar-refractivity contribution in [3.05, 3.63) is 55.6 Å². The van der Waals surface area contributed by atoms with E-state index in [1.807, 2.05) is 0 Å². The molecule has 23 heavy (non-hydrogen) atoms. The number of rotatable bonds is 3. The van der Waals surface area contributed by atoms with Crippen LogP contribution in [0.1, 0.15) is 5.76 Å². The van der Waals surface area contributed by atoms with Crippen molar-refractivity contribution < 1.29 is 18.9 Å². The third kappa shape index (κ3) is 3.20. The highest BCUT2D eigenvalue weighted by Gasteiger charge is 2.25. The molecule has 2 amide bonds. The van der Waals surface area contributed by atoms with E-state index >= 15 is 0 Å². The zero-order valence-corrected chi connectivity index (χ0v) is 13.6. The smallest absolute Gasteiger partial charge is 0.290 e. The number of nitrogens with one attached hydrogen (secondary N) is 1. The lowest BCUT2D eigenvalue weighted by Gasteiger charge is -2.00. The van der Waals surface area contributed by atoms with E-state index in [1.54, 1.807) is 18.2 Å². The second kappa shape index (κ2) is 6.01. The number of amides is 2. The summed E-state index contributed by atoms with van der Waals surface area (Å²) in [5.74, 6) is 0.417. The van der Waals surface area contributed by atoms with Crippen molar-refractivity contribution in [3.8, 4) is 11.3 Å². The van der Waals surface area contributed by atoms with Gasteiger partial charge in [0.2, 0.25) is 0 Å². The van der Waals surface area contributed by atoms with Crippen LogP contribution in [0.4, 0.5) is 10.5 Å². The van der Waals surface area contributed by atoms with Crippen molar-refractivity contribution >= 4 is 50.6 Å². The molecule has 0 aliphatic carbocycles. The SMILES string of the molecule is O=C1NC(=O)/C(=C/c2ccc(-c3ccc([N+](=O)[O-])cc3Br)o2)S1. The Morgan fingerprint density at radius 3 is 2.65 bits per heavy atom. The van der Waals surface area contributed by atoms with Gasteiger partial charge in [0.15, 0.2) is 0 Å². The van der Waals surface area contributed by atoms with Gasteiger partial charge in [0.1, 0.15) is 11.5 Å². The van der Waals surface area contributed by atoms with Gasteiger partial charge in [-0.2, -0.15) is 0 Å². The van der Waals surface area contributed by atoms with Crippen LogP contribution in [0.3, 0.4) is 0 Å². The van der Waals surface area contributed by atoms with Crippen molar-refractivity contribution in [2.24, 2.45) is 0 Å². The molecule has 1 aliphatic heterocycles. The van der Waals surface area contributed by atoms with Crippen molar-refractivity contribution in [1.82, 2.24) is 5.32 Å². The lowest BCUT2D eigenvalue weighted by Crippen LogP contribution is -2.17. The van der Waals surface area contributed by atoms with Crippen LogP contribution < -0.4 is 5.32 Å². The molecule has 1 aromatic carbocycles. The number of hydrogen-bond donors (Lipinski definition) is 1. The number of benzene rings is 1. The van der Waals surface area contributed by atoms with Crippen LogP contribution in [0.5, 0.6) is 0 Å². The second-order valence-electron chi connectivity index (χ2n) is 4.48. The molecule has 1 aromatic heterocycles. The highest BCUT2D eigenvalue weighted by atomic mass is 79.9. The van der Waals surface area contributed by atoms with E-state index in [0.717, 1.165) is 11.8 Å². The Balaban J connectivity index is 1.91. The number of nitro benzene ring substituents is 1. The van der Waals surface area contributed by atoms with Crippen molar-refractivity contribution in [1.29, 1.82) is 0 Å². The van der Waals surface area contributed by atoms with Gasteiger partial charge in [0, 0.05) is 28.2 Å². The maximum Gasteiger partial charge on any atom is 0.290 e. The first kappa shape index (κ1) is 15.5. The minimum Gasteiger partial charge on any atom is -0.457 e. The number of thioether (sulfide) groups is 1. The van der Waals surface area contributed by atoms with Crippen LogP contribution >= 0.6 is 27.7 Å². The minimum atomic E-state index is -0.487. The summed E-state index contributed by atoms with van der Waals surface area (Å²) in [4.78, 5) is 33.1. The average molecular weight is 395 g/mol. The highest BCUT2D eigenvalue weighted by molar-refractivity contribution is 9.10. The average Bonchev–Trinajstić information content (AvgIpc) is 3.06. The molecule has 1 N–H and O–H groups in total. The normalized spacial score (nSPS) is 16.0. The summed E-state index contributed by atoms with van der Waals surface area (Å²) in [6.45, 7) is 0. The van der Waals surface area contributed by atoms with E-state index in [-0.39, 0.29) is 10.6 Å². The molecule has 0 radical (unpaired) electrons. The molecule has 116 valence electrons. The third-order valence-corrected chi connectivity index (χ3v) is 4.44. The Morgan fingerprint density at radius 1 is 1.26 bits per heavy atom. The van der Waals surface area contributed by atoms with E-state index in [9.17, 15) is 19.7 Å². The van der Waals surface area contributed by atoms with Crippen molar-refractivity contribution in [2.75, 3.05) is 0 Å². The number of carbonyl (C=O) groups is 2. The first-order valence-electron chi connectivity index (χ1n) is 6.23. The monoisotopic (exact) mass is 394 g/mol. The molecule has 2 aromatic rings. The summed E-state index contributed by atoms with van der Waals surface area (Å²) >= 11 is 4.07. The summed E-state index contributed by atoms with van der Waals surface area (Å²) in [5.41, 5.74) is 0.604. The maximum absolute atomic E-state index is 11.5. The first-order valence-corrected chi connectivity index (χ1v) is 7.84. The molecule has 3 rings (SSSR count). The fourth-order valence-electron chi connectivity index (χ4n) is 1.94. The van der Waals surface area contributed by atoms with Gasteiger partial charge in [-0.1, -0.05) is 0 Å².